The molecule has 0 radical (unpaired) electrons. The lowest BCUT2D eigenvalue weighted by atomic mass is 10.1. The average molecular weight is 240 g/mol. The van der Waals surface area contributed by atoms with E-state index in [4.69, 9.17) is 0 Å². The highest BCUT2D eigenvalue weighted by molar-refractivity contribution is 5.86. The Hall–Kier alpha value is -2.12. The number of benzene rings is 1. The van der Waals surface area contributed by atoms with Crippen molar-refractivity contribution in [2.24, 2.45) is 0 Å². The third-order valence-corrected chi connectivity index (χ3v) is 2.91. The molecule has 2 rings (SSSR count). The highest BCUT2D eigenvalue weighted by Crippen LogP contribution is 2.21. The number of nitriles is 1. The van der Waals surface area contributed by atoms with Gasteiger partial charge in [-0.3, -0.25) is 0 Å². The zero-order valence-electron chi connectivity index (χ0n) is 10.6. The monoisotopic (exact) mass is 240 g/mol. The van der Waals surface area contributed by atoms with Gasteiger partial charge in [0.15, 0.2) is 0 Å². The van der Waals surface area contributed by atoms with Gasteiger partial charge in [0, 0.05) is 25.5 Å². The van der Waals surface area contributed by atoms with Crippen LogP contribution in [0.5, 0.6) is 0 Å². The zero-order valence-corrected chi connectivity index (χ0v) is 10.6. The molecule has 18 heavy (non-hydrogen) atoms. The third-order valence-electron chi connectivity index (χ3n) is 2.91. The van der Waals surface area contributed by atoms with E-state index in [2.05, 4.69) is 16.4 Å². The van der Waals surface area contributed by atoms with Crippen molar-refractivity contribution in [3.63, 3.8) is 0 Å². The first kappa shape index (κ1) is 12.3. The molecule has 0 aliphatic carbocycles. The van der Waals surface area contributed by atoms with Crippen molar-refractivity contribution in [3.8, 4) is 6.07 Å². The van der Waals surface area contributed by atoms with Gasteiger partial charge in [-0.05, 0) is 19.2 Å². The van der Waals surface area contributed by atoms with Crippen LogP contribution in [-0.4, -0.2) is 32.2 Å². The van der Waals surface area contributed by atoms with E-state index in [1.54, 1.807) is 0 Å². The van der Waals surface area contributed by atoms with E-state index in [0.717, 1.165) is 29.8 Å². The van der Waals surface area contributed by atoms with E-state index in [9.17, 15) is 5.26 Å². The molecule has 2 aromatic rings. The fraction of sp³-hybridized carbons (Fsp3) is 0.286. The summed E-state index contributed by atoms with van der Waals surface area (Å²) in [4.78, 5) is 6.63. The van der Waals surface area contributed by atoms with Crippen molar-refractivity contribution in [2.75, 3.05) is 32.1 Å². The van der Waals surface area contributed by atoms with Gasteiger partial charge in [0.1, 0.15) is 5.82 Å². The number of nitrogens with zero attached hydrogens (tertiary/aromatic N) is 3. The van der Waals surface area contributed by atoms with Crippen LogP contribution in [0.4, 0.5) is 5.82 Å². The van der Waals surface area contributed by atoms with E-state index in [1.165, 1.54) is 0 Å². The molecule has 0 atom stereocenters. The summed E-state index contributed by atoms with van der Waals surface area (Å²) in [5.74, 6) is 0.834. The topological polar surface area (TPSA) is 52.0 Å². The second-order valence-electron chi connectivity index (χ2n) is 4.18. The minimum absolute atomic E-state index is 0.673. The van der Waals surface area contributed by atoms with Crippen LogP contribution in [0.3, 0.4) is 0 Å². The van der Waals surface area contributed by atoms with Crippen LogP contribution in [-0.2, 0) is 0 Å². The number of pyridine rings is 1. The molecule has 1 aromatic heterocycles. The molecular formula is C14H16N4. The zero-order chi connectivity index (χ0) is 13.0. The first-order valence-corrected chi connectivity index (χ1v) is 5.92. The maximum absolute atomic E-state index is 9.21. The molecule has 92 valence electrons. The van der Waals surface area contributed by atoms with Gasteiger partial charge in [0.25, 0.3) is 0 Å². The van der Waals surface area contributed by atoms with Crippen LogP contribution in [0.1, 0.15) is 5.56 Å². The number of anilines is 1. The molecule has 0 bridgehead atoms. The highest BCUT2D eigenvalue weighted by Gasteiger charge is 2.08. The fourth-order valence-electron chi connectivity index (χ4n) is 1.84. The normalized spacial score (nSPS) is 10.3. The van der Waals surface area contributed by atoms with E-state index in [0.29, 0.717) is 5.56 Å². The van der Waals surface area contributed by atoms with Crippen LogP contribution >= 0.6 is 0 Å². The van der Waals surface area contributed by atoms with Crippen LogP contribution < -0.4 is 10.2 Å². The van der Waals surface area contributed by atoms with Crippen molar-refractivity contribution in [2.45, 2.75) is 0 Å². The van der Waals surface area contributed by atoms with Gasteiger partial charge in [0.2, 0.25) is 0 Å². The standard InChI is InChI=1S/C14H16N4/c1-16-7-8-18(2)14-9-11(10-15)12-5-3-4-6-13(12)17-14/h3-6,9,16H,7-8H2,1-2H3. The number of rotatable bonds is 4. The fourth-order valence-corrected chi connectivity index (χ4v) is 1.84. The average Bonchev–Trinajstić information content (AvgIpc) is 2.43. The number of para-hydroxylation sites is 1. The first-order valence-electron chi connectivity index (χ1n) is 5.92. The van der Waals surface area contributed by atoms with Gasteiger partial charge in [-0.25, -0.2) is 4.98 Å². The first-order chi connectivity index (χ1) is 8.76. The van der Waals surface area contributed by atoms with Gasteiger partial charge in [0.05, 0.1) is 17.1 Å². The highest BCUT2D eigenvalue weighted by atomic mass is 15.2. The van der Waals surface area contributed by atoms with Crippen LogP contribution in [0.2, 0.25) is 0 Å². The van der Waals surface area contributed by atoms with E-state index in [-0.39, 0.29) is 0 Å². The number of fused-ring (bicyclic) bond motifs is 1. The molecule has 1 N–H and O–H groups in total. The molecule has 0 unspecified atom stereocenters. The largest absolute Gasteiger partial charge is 0.358 e. The molecule has 0 aliphatic heterocycles. The summed E-state index contributed by atoms with van der Waals surface area (Å²) in [6.07, 6.45) is 0. The summed E-state index contributed by atoms with van der Waals surface area (Å²) >= 11 is 0. The smallest absolute Gasteiger partial charge is 0.130 e. The number of aromatic nitrogens is 1. The van der Waals surface area contributed by atoms with Gasteiger partial charge in [-0.2, -0.15) is 5.26 Å². The molecule has 0 saturated carbocycles. The molecule has 0 aliphatic rings. The minimum atomic E-state index is 0.673. The lowest BCUT2D eigenvalue weighted by Crippen LogP contribution is -2.27. The van der Waals surface area contributed by atoms with Crippen molar-refractivity contribution in [1.82, 2.24) is 10.3 Å². The Bertz CT molecular complexity index is 586. The molecule has 1 heterocycles. The Morgan fingerprint density at radius 1 is 1.39 bits per heavy atom. The van der Waals surface area contributed by atoms with E-state index >= 15 is 0 Å². The van der Waals surface area contributed by atoms with E-state index < -0.39 is 0 Å². The molecule has 4 heteroatoms. The Morgan fingerprint density at radius 2 is 2.17 bits per heavy atom. The molecule has 4 nitrogen and oxygen atoms in total. The summed E-state index contributed by atoms with van der Waals surface area (Å²) in [6, 6.07) is 11.8. The molecule has 0 spiro atoms. The summed E-state index contributed by atoms with van der Waals surface area (Å²) in [6.45, 7) is 1.74. The van der Waals surface area contributed by atoms with Gasteiger partial charge >= 0.3 is 0 Å². The lowest BCUT2D eigenvalue weighted by molar-refractivity contribution is 0.762. The second kappa shape index (κ2) is 5.48. The lowest BCUT2D eigenvalue weighted by Gasteiger charge is -2.18. The van der Waals surface area contributed by atoms with Crippen LogP contribution in [0, 0.1) is 11.3 Å². The van der Waals surface area contributed by atoms with Crippen LogP contribution in [0.25, 0.3) is 10.9 Å². The Labute approximate surface area is 107 Å². The molecule has 0 fully saturated rings. The quantitative estimate of drug-likeness (QED) is 0.884. The number of hydrogen-bond donors (Lipinski definition) is 1. The molecule has 0 amide bonds. The number of hydrogen-bond acceptors (Lipinski definition) is 4. The second-order valence-corrected chi connectivity index (χ2v) is 4.18. The Kier molecular flexibility index (Phi) is 3.75. The van der Waals surface area contributed by atoms with E-state index in [1.807, 2.05) is 49.3 Å². The van der Waals surface area contributed by atoms with Gasteiger partial charge in [-0.15, -0.1) is 0 Å². The predicted molar refractivity (Wildman–Crippen MR) is 73.7 cm³/mol. The maximum atomic E-state index is 9.21. The van der Waals surface area contributed by atoms with Crippen molar-refractivity contribution < 1.29 is 0 Å². The summed E-state index contributed by atoms with van der Waals surface area (Å²) < 4.78 is 0. The third kappa shape index (κ3) is 2.41. The van der Waals surface area contributed by atoms with Crippen molar-refractivity contribution >= 4 is 16.7 Å². The summed E-state index contributed by atoms with van der Waals surface area (Å²) in [7, 11) is 3.90. The van der Waals surface area contributed by atoms with Crippen molar-refractivity contribution in [1.29, 1.82) is 5.26 Å². The van der Waals surface area contributed by atoms with Gasteiger partial charge < -0.3 is 10.2 Å². The summed E-state index contributed by atoms with van der Waals surface area (Å²) in [5.41, 5.74) is 1.54. The Morgan fingerprint density at radius 3 is 2.89 bits per heavy atom. The predicted octanol–water partition coefficient (Wildman–Crippen LogP) is 1.76. The number of nitrogens with one attached hydrogen (secondary N) is 1. The van der Waals surface area contributed by atoms with Crippen LogP contribution in [0.15, 0.2) is 30.3 Å². The van der Waals surface area contributed by atoms with Gasteiger partial charge in [-0.1, -0.05) is 18.2 Å². The van der Waals surface area contributed by atoms with Crippen molar-refractivity contribution in [3.05, 3.63) is 35.9 Å². The SMILES string of the molecule is CNCCN(C)c1cc(C#N)c2ccccc2n1. The molecular weight excluding hydrogens is 224 g/mol. The Balaban J connectivity index is 2.44. The molecule has 1 aromatic carbocycles. The summed E-state index contributed by atoms with van der Waals surface area (Å²) in [5, 5.41) is 13.2. The maximum Gasteiger partial charge on any atom is 0.130 e. The minimum Gasteiger partial charge on any atom is -0.358 e. The number of likely N-dealkylation sites (N-methyl/N-ethyl adjacent to an activating group) is 2. The molecule has 0 saturated heterocycles.